The smallest absolute Gasteiger partial charge is 0.240 e. The molecule has 0 aliphatic carbocycles. The van der Waals surface area contributed by atoms with Gasteiger partial charge in [0, 0.05) is 43.2 Å². The van der Waals surface area contributed by atoms with E-state index in [0.717, 1.165) is 42.9 Å². The number of piperazine rings is 1. The quantitative estimate of drug-likeness (QED) is 0.622. The Bertz CT molecular complexity index is 941. The maximum Gasteiger partial charge on any atom is 0.240 e. The zero-order valence-electron chi connectivity index (χ0n) is 16.0. The van der Waals surface area contributed by atoms with Crippen LogP contribution in [0.25, 0.3) is 10.9 Å². The molecule has 0 spiro atoms. The molecule has 1 aliphatic heterocycles. The van der Waals surface area contributed by atoms with E-state index >= 15 is 0 Å². The first-order chi connectivity index (χ1) is 13.6. The summed E-state index contributed by atoms with van der Waals surface area (Å²) < 4.78 is 10.9. The Morgan fingerprint density at radius 1 is 1.21 bits per heavy atom. The van der Waals surface area contributed by atoms with E-state index in [2.05, 4.69) is 29.9 Å². The molecule has 9 heteroatoms. The number of fused-ring (bicyclic) bond motifs is 1. The Hall–Kier alpha value is -2.29. The van der Waals surface area contributed by atoms with Crippen LogP contribution in [-0.2, 0) is 11.3 Å². The molecule has 1 atom stereocenters. The molecule has 28 heavy (non-hydrogen) atoms. The van der Waals surface area contributed by atoms with Crippen LogP contribution in [0.5, 0.6) is 0 Å². The average molecular weight is 403 g/mol. The Balaban J connectivity index is 1.39. The van der Waals surface area contributed by atoms with Crippen LogP contribution < -0.4 is 4.90 Å². The lowest BCUT2D eigenvalue weighted by Gasteiger charge is -2.35. The minimum absolute atomic E-state index is 0.154. The molecule has 1 unspecified atom stereocenters. The standard InChI is InChI=1S/C19H23ClN6O2/c1-3-27-13(2)18-23-17(28-24-18)11-25-6-8-26(9-7-25)19-15-5-4-14(20)10-16(15)21-12-22-19/h4-5,10,12-13H,3,6-9,11H2,1-2H3. The number of nitrogens with zero attached hydrogens (tertiary/aromatic N) is 6. The number of hydrogen-bond acceptors (Lipinski definition) is 8. The first-order valence-electron chi connectivity index (χ1n) is 9.45. The maximum atomic E-state index is 6.08. The predicted molar refractivity (Wildman–Crippen MR) is 106 cm³/mol. The van der Waals surface area contributed by atoms with Crippen molar-refractivity contribution < 1.29 is 9.26 Å². The third kappa shape index (κ3) is 4.09. The highest BCUT2D eigenvalue weighted by atomic mass is 35.5. The number of halogens is 1. The SMILES string of the molecule is CCOC(C)c1noc(CN2CCN(c3ncnc4cc(Cl)ccc34)CC2)n1. The molecule has 0 bridgehead atoms. The Morgan fingerprint density at radius 3 is 2.82 bits per heavy atom. The average Bonchev–Trinajstić information content (AvgIpc) is 3.17. The molecule has 1 aliphatic rings. The molecule has 148 valence electrons. The van der Waals surface area contributed by atoms with Crippen LogP contribution in [0.2, 0.25) is 5.02 Å². The van der Waals surface area contributed by atoms with E-state index in [0.29, 0.717) is 29.9 Å². The number of ether oxygens (including phenoxy) is 1. The van der Waals surface area contributed by atoms with E-state index in [4.69, 9.17) is 20.9 Å². The molecular weight excluding hydrogens is 380 g/mol. The lowest BCUT2D eigenvalue weighted by Crippen LogP contribution is -2.46. The van der Waals surface area contributed by atoms with E-state index < -0.39 is 0 Å². The zero-order chi connectivity index (χ0) is 19.5. The summed E-state index contributed by atoms with van der Waals surface area (Å²) in [7, 11) is 0. The summed E-state index contributed by atoms with van der Waals surface area (Å²) in [6.45, 7) is 8.64. The topological polar surface area (TPSA) is 80.4 Å². The molecule has 8 nitrogen and oxygen atoms in total. The van der Waals surface area contributed by atoms with E-state index in [1.54, 1.807) is 6.33 Å². The summed E-state index contributed by atoms with van der Waals surface area (Å²) in [6, 6.07) is 5.73. The molecule has 4 rings (SSSR count). The fourth-order valence-corrected chi connectivity index (χ4v) is 3.57. The van der Waals surface area contributed by atoms with Crippen molar-refractivity contribution in [3.05, 3.63) is 41.3 Å². The maximum absolute atomic E-state index is 6.08. The third-order valence-corrected chi connectivity index (χ3v) is 5.11. The van der Waals surface area contributed by atoms with Gasteiger partial charge in [0.15, 0.2) is 5.82 Å². The molecule has 0 amide bonds. The first-order valence-corrected chi connectivity index (χ1v) is 9.83. The summed E-state index contributed by atoms with van der Waals surface area (Å²) in [6.07, 6.45) is 1.44. The van der Waals surface area contributed by atoms with Gasteiger partial charge < -0.3 is 14.2 Å². The number of anilines is 1. The van der Waals surface area contributed by atoms with Crippen molar-refractivity contribution >= 4 is 28.3 Å². The van der Waals surface area contributed by atoms with Gasteiger partial charge in [0.1, 0.15) is 18.2 Å². The number of rotatable bonds is 6. The Morgan fingerprint density at radius 2 is 2.04 bits per heavy atom. The predicted octanol–water partition coefficient (Wildman–Crippen LogP) is 3.09. The van der Waals surface area contributed by atoms with Gasteiger partial charge in [0.25, 0.3) is 0 Å². The second-order valence-corrected chi connectivity index (χ2v) is 7.20. The highest BCUT2D eigenvalue weighted by Gasteiger charge is 2.22. The molecule has 2 aromatic heterocycles. The van der Waals surface area contributed by atoms with Crippen molar-refractivity contribution in [1.29, 1.82) is 0 Å². The van der Waals surface area contributed by atoms with Crippen LogP contribution in [0, 0.1) is 0 Å². The first kappa shape index (κ1) is 19.0. The van der Waals surface area contributed by atoms with Crippen LogP contribution in [0.4, 0.5) is 5.82 Å². The van der Waals surface area contributed by atoms with E-state index in [1.165, 1.54) is 0 Å². The van der Waals surface area contributed by atoms with Crippen LogP contribution in [0.15, 0.2) is 29.0 Å². The minimum Gasteiger partial charge on any atom is -0.371 e. The number of hydrogen-bond donors (Lipinski definition) is 0. The molecule has 0 saturated carbocycles. The van der Waals surface area contributed by atoms with Crippen molar-refractivity contribution in [2.75, 3.05) is 37.7 Å². The zero-order valence-corrected chi connectivity index (χ0v) is 16.8. The Labute approximate surface area is 168 Å². The summed E-state index contributed by atoms with van der Waals surface area (Å²) >= 11 is 6.08. The van der Waals surface area contributed by atoms with Gasteiger partial charge in [-0.25, -0.2) is 9.97 Å². The van der Waals surface area contributed by atoms with Crippen molar-refractivity contribution in [3.8, 4) is 0 Å². The highest BCUT2D eigenvalue weighted by molar-refractivity contribution is 6.31. The summed E-state index contributed by atoms with van der Waals surface area (Å²) in [5.41, 5.74) is 0.863. The molecule has 3 aromatic rings. The highest BCUT2D eigenvalue weighted by Crippen LogP contribution is 2.26. The van der Waals surface area contributed by atoms with E-state index in [9.17, 15) is 0 Å². The fourth-order valence-electron chi connectivity index (χ4n) is 3.40. The van der Waals surface area contributed by atoms with Crippen LogP contribution in [-0.4, -0.2) is 57.8 Å². The van der Waals surface area contributed by atoms with Crippen LogP contribution in [0.1, 0.15) is 31.7 Å². The molecule has 0 radical (unpaired) electrons. The van der Waals surface area contributed by atoms with Gasteiger partial charge in [-0.05, 0) is 32.0 Å². The van der Waals surface area contributed by atoms with Gasteiger partial charge in [-0.3, -0.25) is 4.90 Å². The van der Waals surface area contributed by atoms with Crippen molar-refractivity contribution in [2.24, 2.45) is 0 Å². The number of aromatic nitrogens is 4. The van der Waals surface area contributed by atoms with Gasteiger partial charge in [0.05, 0.1) is 12.1 Å². The molecule has 1 aromatic carbocycles. The molecule has 0 N–H and O–H groups in total. The van der Waals surface area contributed by atoms with E-state index in [-0.39, 0.29) is 6.10 Å². The van der Waals surface area contributed by atoms with Crippen LogP contribution >= 0.6 is 11.6 Å². The lowest BCUT2D eigenvalue weighted by atomic mass is 10.2. The summed E-state index contributed by atoms with van der Waals surface area (Å²) in [5, 5.41) is 5.73. The minimum atomic E-state index is -0.154. The molecule has 1 saturated heterocycles. The van der Waals surface area contributed by atoms with Gasteiger partial charge in [0.2, 0.25) is 5.89 Å². The number of benzene rings is 1. The van der Waals surface area contributed by atoms with Crippen LogP contribution in [0.3, 0.4) is 0 Å². The lowest BCUT2D eigenvalue weighted by molar-refractivity contribution is 0.0683. The monoisotopic (exact) mass is 402 g/mol. The van der Waals surface area contributed by atoms with Gasteiger partial charge in [-0.2, -0.15) is 4.98 Å². The second-order valence-electron chi connectivity index (χ2n) is 6.77. The van der Waals surface area contributed by atoms with Crippen molar-refractivity contribution in [3.63, 3.8) is 0 Å². The summed E-state index contributed by atoms with van der Waals surface area (Å²) in [5.74, 6) is 2.17. The Kier molecular flexibility index (Phi) is 5.70. The summed E-state index contributed by atoms with van der Waals surface area (Å²) in [4.78, 5) is 17.9. The second kappa shape index (κ2) is 8.38. The van der Waals surface area contributed by atoms with E-state index in [1.807, 2.05) is 32.0 Å². The van der Waals surface area contributed by atoms with Gasteiger partial charge >= 0.3 is 0 Å². The fraction of sp³-hybridized carbons (Fsp3) is 0.474. The van der Waals surface area contributed by atoms with Crippen molar-refractivity contribution in [1.82, 2.24) is 25.0 Å². The third-order valence-electron chi connectivity index (χ3n) is 4.87. The molecule has 3 heterocycles. The molecule has 1 fully saturated rings. The van der Waals surface area contributed by atoms with Gasteiger partial charge in [-0.1, -0.05) is 16.8 Å². The normalized spacial score (nSPS) is 16.6. The van der Waals surface area contributed by atoms with Gasteiger partial charge in [-0.15, -0.1) is 0 Å². The molecular formula is C19H23ClN6O2. The van der Waals surface area contributed by atoms with Crippen molar-refractivity contribution in [2.45, 2.75) is 26.5 Å². The largest absolute Gasteiger partial charge is 0.371 e.